The third kappa shape index (κ3) is 5.23. The van der Waals surface area contributed by atoms with E-state index in [9.17, 15) is 0 Å². The maximum atomic E-state index is 4.35. The summed E-state index contributed by atoms with van der Waals surface area (Å²) < 4.78 is 2.18. The van der Waals surface area contributed by atoms with Gasteiger partial charge in [0.15, 0.2) is 0 Å². The summed E-state index contributed by atoms with van der Waals surface area (Å²) in [6, 6.07) is 0. The van der Waals surface area contributed by atoms with Crippen molar-refractivity contribution in [3.8, 4) is 0 Å². The van der Waals surface area contributed by atoms with Gasteiger partial charge in [0.25, 0.3) is 0 Å². The molecule has 1 rings (SSSR count). The number of aryl methyl sites for hydroxylation is 1. The van der Waals surface area contributed by atoms with Crippen LogP contribution in [0.2, 0.25) is 0 Å². The van der Waals surface area contributed by atoms with Gasteiger partial charge < -0.3 is 9.88 Å². The number of rotatable bonds is 8. The van der Waals surface area contributed by atoms with Gasteiger partial charge >= 0.3 is 0 Å². The molecule has 3 nitrogen and oxygen atoms in total. The van der Waals surface area contributed by atoms with Gasteiger partial charge in [-0.3, -0.25) is 0 Å². The van der Waals surface area contributed by atoms with Crippen LogP contribution < -0.4 is 5.32 Å². The summed E-state index contributed by atoms with van der Waals surface area (Å²) in [5.41, 5.74) is 1.14. The zero-order valence-electron chi connectivity index (χ0n) is 9.70. The van der Waals surface area contributed by atoms with E-state index in [1.54, 1.807) is 0 Å². The molecule has 0 fully saturated rings. The molecule has 1 aromatic heterocycles. The Morgan fingerprint density at radius 2 is 2.33 bits per heavy atom. The number of aromatic nitrogens is 2. The molecule has 1 aromatic rings. The van der Waals surface area contributed by atoms with Crippen LogP contribution in [0.5, 0.6) is 0 Å². The normalized spacial score (nSPS) is 10.8. The number of nitrogens with zero attached hydrogens (tertiary/aromatic N) is 2. The highest BCUT2D eigenvalue weighted by Gasteiger charge is 1.97. The average molecular weight is 227 g/mol. The fourth-order valence-corrected chi connectivity index (χ4v) is 1.99. The molecule has 0 spiro atoms. The summed E-state index contributed by atoms with van der Waals surface area (Å²) in [5, 5.41) is 3.27. The molecule has 0 aliphatic carbocycles. The molecule has 1 N–H and O–H groups in total. The summed E-state index contributed by atoms with van der Waals surface area (Å²) in [4.78, 5) is 4.35. The van der Waals surface area contributed by atoms with Crippen LogP contribution in [0.25, 0.3) is 0 Å². The van der Waals surface area contributed by atoms with Crippen molar-refractivity contribution in [1.29, 1.82) is 0 Å². The summed E-state index contributed by atoms with van der Waals surface area (Å²) in [6.45, 7) is 7.29. The van der Waals surface area contributed by atoms with Crippen molar-refractivity contribution in [2.24, 2.45) is 0 Å². The molecule has 4 heteroatoms. The fourth-order valence-electron chi connectivity index (χ4n) is 1.37. The van der Waals surface area contributed by atoms with Gasteiger partial charge in [0.2, 0.25) is 0 Å². The molecule has 1 heterocycles. The number of nitrogens with one attached hydrogen (secondary N) is 1. The van der Waals surface area contributed by atoms with Crippen LogP contribution in [-0.4, -0.2) is 27.6 Å². The summed E-state index contributed by atoms with van der Waals surface area (Å²) in [5.74, 6) is 2.47. The van der Waals surface area contributed by atoms with E-state index in [1.807, 2.05) is 18.1 Å². The lowest BCUT2D eigenvalue weighted by Gasteiger charge is -2.00. The second-order valence-electron chi connectivity index (χ2n) is 3.43. The monoisotopic (exact) mass is 227 g/mol. The van der Waals surface area contributed by atoms with Crippen LogP contribution in [0.3, 0.4) is 0 Å². The summed E-state index contributed by atoms with van der Waals surface area (Å²) in [7, 11) is 0. The van der Waals surface area contributed by atoms with Crippen molar-refractivity contribution in [2.75, 3.05) is 18.1 Å². The molecule has 0 bridgehead atoms. The fraction of sp³-hybridized carbons (Fsp3) is 0.727. The van der Waals surface area contributed by atoms with E-state index in [4.69, 9.17) is 0 Å². The van der Waals surface area contributed by atoms with Crippen molar-refractivity contribution >= 4 is 11.8 Å². The summed E-state index contributed by atoms with van der Waals surface area (Å²) >= 11 is 2.00. The zero-order valence-corrected chi connectivity index (χ0v) is 10.5. The van der Waals surface area contributed by atoms with Crippen molar-refractivity contribution < 1.29 is 0 Å². The quantitative estimate of drug-likeness (QED) is 0.690. The van der Waals surface area contributed by atoms with Crippen LogP contribution in [0.15, 0.2) is 12.5 Å². The third-order valence-electron chi connectivity index (χ3n) is 2.15. The largest absolute Gasteiger partial charge is 0.337 e. The molecule has 15 heavy (non-hydrogen) atoms. The van der Waals surface area contributed by atoms with E-state index in [-0.39, 0.29) is 0 Å². The topological polar surface area (TPSA) is 29.9 Å². The highest BCUT2D eigenvalue weighted by atomic mass is 32.2. The van der Waals surface area contributed by atoms with E-state index < -0.39 is 0 Å². The number of hydrogen-bond acceptors (Lipinski definition) is 3. The first-order valence-corrected chi connectivity index (χ1v) is 6.81. The van der Waals surface area contributed by atoms with Crippen LogP contribution in [0, 0.1) is 0 Å². The van der Waals surface area contributed by atoms with E-state index in [0.29, 0.717) is 0 Å². The van der Waals surface area contributed by atoms with Crippen molar-refractivity contribution in [3.05, 3.63) is 18.2 Å². The first-order chi connectivity index (χ1) is 7.36. The highest BCUT2D eigenvalue weighted by Crippen LogP contribution is 2.03. The average Bonchev–Trinajstić information content (AvgIpc) is 2.69. The van der Waals surface area contributed by atoms with Gasteiger partial charge in [-0.1, -0.05) is 13.8 Å². The Hall–Kier alpha value is -0.480. The molecule has 86 valence electrons. The van der Waals surface area contributed by atoms with Crippen LogP contribution in [-0.2, 0) is 13.1 Å². The van der Waals surface area contributed by atoms with Gasteiger partial charge in [0, 0.05) is 19.3 Å². The van der Waals surface area contributed by atoms with Gasteiger partial charge in [-0.25, -0.2) is 4.98 Å². The molecular weight excluding hydrogens is 206 g/mol. The Bertz CT molecular complexity index is 260. The maximum absolute atomic E-state index is 4.35. The Labute approximate surface area is 96.7 Å². The van der Waals surface area contributed by atoms with E-state index in [1.165, 1.54) is 17.9 Å². The van der Waals surface area contributed by atoms with Gasteiger partial charge in [0.05, 0.1) is 12.0 Å². The molecule has 0 radical (unpaired) electrons. The standard InChI is InChI=1S/C11H21N3S/c1-3-12-8-11-9-14(10-13-11)6-5-7-15-4-2/h9-10,12H,3-8H2,1-2H3. The minimum Gasteiger partial charge on any atom is -0.337 e. The van der Waals surface area contributed by atoms with Crippen molar-refractivity contribution in [3.63, 3.8) is 0 Å². The lowest BCUT2D eigenvalue weighted by molar-refractivity contribution is 0.679. The van der Waals surface area contributed by atoms with E-state index in [2.05, 4.69) is 34.9 Å². The molecule has 0 amide bonds. The van der Waals surface area contributed by atoms with E-state index >= 15 is 0 Å². The number of hydrogen-bond donors (Lipinski definition) is 1. The maximum Gasteiger partial charge on any atom is 0.0949 e. The number of thioether (sulfide) groups is 1. The lowest BCUT2D eigenvalue weighted by atomic mass is 10.4. The minimum absolute atomic E-state index is 0.882. The second kappa shape index (κ2) is 7.77. The highest BCUT2D eigenvalue weighted by molar-refractivity contribution is 7.99. The van der Waals surface area contributed by atoms with Crippen molar-refractivity contribution in [2.45, 2.75) is 33.4 Å². The predicted molar refractivity (Wildman–Crippen MR) is 67.2 cm³/mol. The Morgan fingerprint density at radius 1 is 1.47 bits per heavy atom. The SMILES string of the molecule is CCNCc1cn(CCCSCC)cn1. The van der Waals surface area contributed by atoms with Gasteiger partial charge in [-0.2, -0.15) is 11.8 Å². The molecule has 0 aromatic carbocycles. The first-order valence-electron chi connectivity index (χ1n) is 5.66. The van der Waals surface area contributed by atoms with Crippen molar-refractivity contribution in [1.82, 2.24) is 14.9 Å². The lowest BCUT2D eigenvalue weighted by Crippen LogP contribution is -2.11. The molecule has 0 saturated heterocycles. The van der Waals surface area contributed by atoms with Gasteiger partial charge in [-0.15, -0.1) is 0 Å². The van der Waals surface area contributed by atoms with Gasteiger partial charge in [0.1, 0.15) is 0 Å². The molecular formula is C11H21N3S. The molecule has 0 unspecified atom stereocenters. The molecule has 0 atom stereocenters. The van der Waals surface area contributed by atoms with Crippen LogP contribution in [0.4, 0.5) is 0 Å². The Balaban J connectivity index is 2.20. The Morgan fingerprint density at radius 3 is 3.07 bits per heavy atom. The second-order valence-corrected chi connectivity index (χ2v) is 4.83. The molecule has 0 aliphatic rings. The minimum atomic E-state index is 0.882. The zero-order chi connectivity index (χ0) is 10.9. The molecule has 0 aliphatic heterocycles. The van der Waals surface area contributed by atoms with Crippen LogP contribution in [0.1, 0.15) is 26.0 Å². The third-order valence-corrected chi connectivity index (χ3v) is 3.14. The smallest absolute Gasteiger partial charge is 0.0949 e. The number of imidazole rings is 1. The Kier molecular flexibility index (Phi) is 6.52. The molecule has 0 saturated carbocycles. The van der Waals surface area contributed by atoms with Crippen LogP contribution >= 0.6 is 11.8 Å². The van der Waals surface area contributed by atoms with Gasteiger partial charge in [-0.05, 0) is 24.5 Å². The predicted octanol–water partition coefficient (Wildman–Crippen LogP) is 2.14. The first kappa shape index (κ1) is 12.6. The summed E-state index contributed by atoms with van der Waals surface area (Å²) in [6.07, 6.45) is 5.30. The van der Waals surface area contributed by atoms with E-state index in [0.717, 1.165) is 25.3 Å².